The first-order chi connectivity index (χ1) is 12.5. The van der Waals surface area contributed by atoms with Gasteiger partial charge in [0.15, 0.2) is 0 Å². The van der Waals surface area contributed by atoms with Crippen LogP contribution in [0.15, 0.2) is 59.4 Å². The van der Waals surface area contributed by atoms with Crippen LogP contribution in [0.1, 0.15) is 26.3 Å². The molecule has 2 amide bonds. The van der Waals surface area contributed by atoms with Crippen molar-refractivity contribution in [3.63, 3.8) is 0 Å². The van der Waals surface area contributed by atoms with Crippen LogP contribution in [-0.2, 0) is 0 Å². The van der Waals surface area contributed by atoms with Crippen LogP contribution < -0.4 is 16.6 Å². The predicted octanol–water partition coefficient (Wildman–Crippen LogP) is 2.28. The third-order valence-corrected chi connectivity index (χ3v) is 4.43. The van der Waals surface area contributed by atoms with Gasteiger partial charge in [0.1, 0.15) is 5.82 Å². The molecular formula is C20H15N3O3. The van der Waals surface area contributed by atoms with E-state index in [1.807, 2.05) is 37.3 Å². The fourth-order valence-electron chi connectivity index (χ4n) is 3.17. The number of nitrogens with zero attached hydrogens (tertiary/aromatic N) is 1. The minimum atomic E-state index is -0.601. The first-order valence-electron chi connectivity index (χ1n) is 8.04. The molecule has 4 rings (SSSR count). The normalized spacial score (nSPS) is 12.8. The van der Waals surface area contributed by atoms with E-state index in [0.717, 1.165) is 22.8 Å². The van der Waals surface area contributed by atoms with Crippen LogP contribution in [0.5, 0.6) is 0 Å². The smallest absolute Gasteiger partial charge is 0.262 e. The molecule has 26 heavy (non-hydrogen) atoms. The molecule has 128 valence electrons. The average Bonchev–Trinajstić information content (AvgIpc) is 2.89. The van der Waals surface area contributed by atoms with Gasteiger partial charge in [-0.3, -0.25) is 24.3 Å². The fourth-order valence-corrected chi connectivity index (χ4v) is 3.17. The molecule has 3 aromatic rings. The molecule has 0 bridgehead atoms. The highest BCUT2D eigenvalue weighted by molar-refractivity contribution is 6.23. The minimum Gasteiger partial charge on any atom is -0.384 e. The summed E-state index contributed by atoms with van der Waals surface area (Å²) in [6.45, 7) is 2.02. The van der Waals surface area contributed by atoms with Crippen LogP contribution >= 0.6 is 0 Å². The zero-order chi connectivity index (χ0) is 18.4. The summed E-state index contributed by atoms with van der Waals surface area (Å²) in [6.07, 6.45) is 0. The summed E-state index contributed by atoms with van der Waals surface area (Å²) in [5.74, 6) is -1.23. The van der Waals surface area contributed by atoms with Gasteiger partial charge in [-0.25, -0.2) is 0 Å². The molecule has 2 heterocycles. The lowest BCUT2D eigenvalue weighted by Gasteiger charge is -2.12. The summed E-state index contributed by atoms with van der Waals surface area (Å²) in [5, 5.41) is 2.15. The van der Waals surface area contributed by atoms with Crippen molar-refractivity contribution in [3.05, 3.63) is 81.6 Å². The van der Waals surface area contributed by atoms with Crippen LogP contribution in [0.25, 0.3) is 16.8 Å². The van der Waals surface area contributed by atoms with Crippen molar-refractivity contribution < 1.29 is 9.59 Å². The Kier molecular flexibility index (Phi) is 3.47. The maximum absolute atomic E-state index is 12.4. The molecule has 0 aliphatic carbocycles. The lowest BCUT2D eigenvalue weighted by atomic mass is 10.0. The van der Waals surface area contributed by atoms with E-state index in [1.54, 1.807) is 12.1 Å². The van der Waals surface area contributed by atoms with E-state index < -0.39 is 17.4 Å². The van der Waals surface area contributed by atoms with Gasteiger partial charge >= 0.3 is 0 Å². The molecule has 1 aromatic heterocycles. The Morgan fingerprint density at radius 2 is 1.62 bits per heavy atom. The van der Waals surface area contributed by atoms with Gasteiger partial charge < -0.3 is 5.73 Å². The van der Waals surface area contributed by atoms with Gasteiger partial charge in [0.2, 0.25) is 0 Å². The van der Waals surface area contributed by atoms with E-state index in [2.05, 4.69) is 11.4 Å². The molecule has 0 spiro atoms. The van der Waals surface area contributed by atoms with Crippen molar-refractivity contribution >= 4 is 17.6 Å². The van der Waals surface area contributed by atoms with Crippen molar-refractivity contribution in [1.29, 1.82) is 0 Å². The molecule has 0 saturated heterocycles. The van der Waals surface area contributed by atoms with Gasteiger partial charge in [-0.2, -0.15) is 0 Å². The quantitative estimate of drug-likeness (QED) is 0.697. The third kappa shape index (κ3) is 2.39. The summed E-state index contributed by atoms with van der Waals surface area (Å²) >= 11 is 0. The SMILES string of the molecule is Cc1cccc(-c2ccc(-n3c(N)c4c(cc3=O)C(=O)NC4=O)cc2)c1. The maximum Gasteiger partial charge on any atom is 0.262 e. The number of nitrogen functional groups attached to an aromatic ring is 1. The van der Waals surface area contributed by atoms with E-state index >= 15 is 0 Å². The zero-order valence-electron chi connectivity index (χ0n) is 13.9. The lowest BCUT2D eigenvalue weighted by Crippen LogP contribution is -2.24. The van der Waals surface area contributed by atoms with Gasteiger partial charge in [0.25, 0.3) is 17.4 Å². The number of anilines is 1. The second kappa shape index (κ2) is 5.70. The van der Waals surface area contributed by atoms with Crippen LogP contribution in [-0.4, -0.2) is 16.4 Å². The zero-order valence-corrected chi connectivity index (χ0v) is 13.9. The van der Waals surface area contributed by atoms with Gasteiger partial charge in [-0.05, 0) is 30.2 Å². The second-order valence-electron chi connectivity index (χ2n) is 6.19. The average molecular weight is 345 g/mol. The summed E-state index contributed by atoms with van der Waals surface area (Å²) in [7, 11) is 0. The molecule has 0 radical (unpaired) electrons. The second-order valence-corrected chi connectivity index (χ2v) is 6.19. The summed E-state index contributed by atoms with van der Waals surface area (Å²) in [4.78, 5) is 36.1. The number of rotatable bonds is 2. The van der Waals surface area contributed by atoms with E-state index in [1.165, 1.54) is 4.57 Å². The number of benzene rings is 2. The van der Waals surface area contributed by atoms with Crippen LogP contribution in [0.4, 0.5) is 5.82 Å². The number of nitrogens with one attached hydrogen (secondary N) is 1. The van der Waals surface area contributed by atoms with Gasteiger partial charge in [0.05, 0.1) is 16.8 Å². The Hall–Kier alpha value is -3.67. The van der Waals surface area contributed by atoms with Gasteiger partial charge in [-0.1, -0.05) is 42.0 Å². The largest absolute Gasteiger partial charge is 0.384 e. The molecule has 0 saturated carbocycles. The number of hydrogen-bond acceptors (Lipinski definition) is 4. The monoisotopic (exact) mass is 345 g/mol. The van der Waals surface area contributed by atoms with Gasteiger partial charge in [-0.15, -0.1) is 0 Å². The molecule has 0 atom stereocenters. The summed E-state index contributed by atoms with van der Waals surface area (Å²) in [6, 6.07) is 16.5. The maximum atomic E-state index is 12.4. The number of aryl methyl sites for hydroxylation is 1. The van der Waals surface area contributed by atoms with Crippen LogP contribution in [0.2, 0.25) is 0 Å². The standard InChI is InChI=1S/C20H15N3O3/c1-11-3-2-4-13(9-11)12-5-7-14(8-6-12)23-16(24)10-15-17(18(23)21)20(26)22-19(15)25/h2-10H,21H2,1H3,(H,22,25,26). The fraction of sp³-hybridized carbons (Fsp3) is 0.0500. The van der Waals surface area contributed by atoms with E-state index in [9.17, 15) is 14.4 Å². The Morgan fingerprint density at radius 3 is 2.31 bits per heavy atom. The lowest BCUT2D eigenvalue weighted by molar-refractivity contribution is 0.0880. The van der Waals surface area contributed by atoms with Crippen LogP contribution in [0.3, 0.4) is 0 Å². The molecule has 0 unspecified atom stereocenters. The number of nitrogens with two attached hydrogens (primary N) is 1. The molecule has 3 N–H and O–H groups in total. The third-order valence-electron chi connectivity index (χ3n) is 4.43. The highest BCUT2D eigenvalue weighted by Crippen LogP contribution is 2.25. The predicted molar refractivity (Wildman–Crippen MR) is 98.4 cm³/mol. The van der Waals surface area contributed by atoms with Crippen molar-refractivity contribution in [2.75, 3.05) is 5.73 Å². The number of carbonyl (C=O) groups is 2. The molecule has 2 aromatic carbocycles. The van der Waals surface area contributed by atoms with Gasteiger partial charge in [0, 0.05) is 6.07 Å². The summed E-state index contributed by atoms with van der Waals surface area (Å²) in [5.41, 5.74) is 9.38. The van der Waals surface area contributed by atoms with Crippen LogP contribution in [0, 0.1) is 6.92 Å². The van der Waals surface area contributed by atoms with E-state index in [4.69, 9.17) is 5.73 Å². The highest BCUT2D eigenvalue weighted by Gasteiger charge is 2.31. The molecule has 6 heteroatoms. The van der Waals surface area contributed by atoms with Crippen molar-refractivity contribution in [2.45, 2.75) is 6.92 Å². The topological polar surface area (TPSA) is 94.2 Å². The molecule has 1 aliphatic heterocycles. The molecule has 0 fully saturated rings. The number of fused-ring (bicyclic) bond motifs is 1. The molecule has 6 nitrogen and oxygen atoms in total. The van der Waals surface area contributed by atoms with Crippen molar-refractivity contribution in [3.8, 4) is 16.8 Å². The summed E-state index contributed by atoms with van der Waals surface area (Å²) < 4.78 is 1.23. The van der Waals surface area contributed by atoms with E-state index in [-0.39, 0.29) is 16.9 Å². The number of imide groups is 1. The Bertz CT molecular complexity index is 1130. The Morgan fingerprint density at radius 1 is 0.885 bits per heavy atom. The Labute approximate surface area is 148 Å². The Balaban J connectivity index is 1.82. The number of aromatic nitrogens is 1. The number of carbonyl (C=O) groups excluding carboxylic acids is 2. The first kappa shape index (κ1) is 15.8. The highest BCUT2D eigenvalue weighted by atomic mass is 16.2. The number of pyridine rings is 1. The molecular weight excluding hydrogens is 330 g/mol. The number of hydrogen-bond donors (Lipinski definition) is 2. The van der Waals surface area contributed by atoms with Crippen molar-refractivity contribution in [2.24, 2.45) is 0 Å². The number of amides is 2. The van der Waals surface area contributed by atoms with E-state index in [0.29, 0.717) is 5.69 Å². The first-order valence-corrected chi connectivity index (χ1v) is 8.04. The minimum absolute atomic E-state index is 0.0186. The van der Waals surface area contributed by atoms with Crippen molar-refractivity contribution in [1.82, 2.24) is 9.88 Å². The molecule has 1 aliphatic rings.